The third-order valence-corrected chi connectivity index (χ3v) is 6.41. The van der Waals surface area contributed by atoms with Crippen molar-refractivity contribution in [1.82, 2.24) is 14.5 Å². The second-order valence-corrected chi connectivity index (χ2v) is 7.90. The van der Waals surface area contributed by atoms with E-state index in [1.165, 1.54) is 15.4 Å². The number of nitrogens with one attached hydrogen (secondary N) is 1. The summed E-state index contributed by atoms with van der Waals surface area (Å²) in [5, 5.41) is 3.20. The molecule has 1 aromatic carbocycles. The van der Waals surface area contributed by atoms with E-state index in [1.807, 2.05) is 13.8 Å². The lowest BCUT2D eigenvalue weighted by Crippen LogP contribution is -2.46. The molecule has 0 bridgehead atoms. The minimum Gasteiger partial charge on any atom is -0.355 e. The molecule has 1 N–H and O–H groups in total. The van der Waals surface area contributed by atoms with Gasteiger partial charge in [0.25, 0.3) is 0 Å². The molecule has 1 aliphatic rings. The standard InChI is InChI=1S/C17H28N4O2S/c1-4-21(5-2)24(22,23)13-11-19-17(18-3)20-12-10-15-8-6-7-9-16(15)14-20/h6-9H,4-5,10-14H2,1-3H3,(H,18,19). The highest BCUT2D eigenvalue weighted by atomic mass is 32.2. The number of guanidine groups is 1. The zero-order valence-corrected chi connectivity index (χ0v) is 15.6. The van der Waals surface area contributed by atoms with Crippen LogP contribution in [-0.4, -0.2) is 62.6 Å². The number of hydrogen-bond acceptors (Lipinski definition) is 3. The molecule has 24 heavy (non-hydrogen) atoms. The van der Waals surface area contributed by atoms with Gasteiger partial charge in [0, 0.05) is 39.8 Å². The summed E-state index contributed by atoms with van der Waals surface area (Å²) in [6.07, 6.45) is 0.981. The molecule has 1 aliphatic heterocycles. The van der Waals surface area contributed by atoms with Crippen LogP contribution in [0.5, 0.6) is 0 Å². The van der Waals surface area contributed by atoms with Gasteiger partial charge in [-0.2, -0.15) is 0 Å². The molecule has 1 aromatic rings. The zero-order valence-electron chi connectivity index (χ0n) is 14.8. The third-order valence-electron chi connectivity index (χ3n) is 4.38. The second-order valence-electron chi connectivity index (χ2n) is 5.81. The van der Waals surface area contributed by atoms with Crippen molar-refractivity contribution in [2.45, 2.75) is 26.8 Å². The van der Waals surface area contributed by atoms with Gasteiger partial charge in [-0.25, -0.2) is 12.7 Å². The Morgan fingerprint density at radius 3 is 2.54 bits per heavy atom. The molecule has 1 heterocycles. The predicted molar refractivity (Wildman–Crippen MR) is 98.6 cm³/mol. The van der Waals surface area contributed by atoms with Crippen molar-refractivity contribution in [2.24, 2.45) is 4.99 Å². The second kappa shape index (κ2) is 8.48. The molecule has 0 amide bonds. The number of nitrogens with zero attached hydrogens (tertiary/aromatic N) is 3. The molecule has 0 radical (unpaired) electrons. The predicted octanol–water partition coefficient (Wildman–Crippen LogP) is 1.29. The van der Waals surface area contributed by atoms with E-state index in [-0.39, 0.29) is 5.75 Å². The Morgan fingerprint density at radius 1 is 1.25 bits per heavy atom. The number of sulfonamides is 1. The summed E-state index contributed by atoms with van der Waals surface area (Å²) in [4.78, 5) is 6.49. The van der Waals surface area contributed by atoms with Crippen LogP contribution < -0.4 is 5.32 Å². The topological polar surface area (TPSA) is 65.0 Å². The Morgan fingerprint density at radius 2 is 1.92 bits per heavy atom. The minimum atomic E-state index is -3.21. The average Bonchev–Trinajstić information content (AvgIpc) is 2.59. The highest BCUT2D eigenvalue weighted by Gasteiger charge is 2.21. The van der Waals surface area contributed by atoms with E-state index in [2.05, 4.69) is 39.5 Å². The maximum Gasteiger partial charge on any atom is 0.215 e. The van der Waals surface area contributed by atoms with Gasteiger partial charge in [0.05, 0.1) is 5.75 Å². The Labute approximate surface area is 145 Å². The largest absolute Gasteiger partial charge is 0.355 e. The molecule has 0 aromatic heterocycles. The Kier molecular flexibility index (Phi) is 6.62. The first-order chi connectivity index (χ1) is 11.5. The molecule has 0 atom stereocenters. The van der Waals surface area contributed by atoms with Crippen LogP contribution >= 0.6 is 0 Å². The maximum absolute atomic E-state index is 12.2. The van der Waals surface area contributed by atoms with Crippen molar-refractivity contribution in [2.75, 3.05) is 39.0 Å². The zero-order chi connectivity index (χ0) is 17.6. The van der Waals surface area contributed by atoms with Crippen LogP contribution in [-0.2, 0) is 23.0 Å². The van der Waals surface area contributed by atoms with Crippen molar-refractivity contribution >= 4 is 16.0 Å². The summed E-state index contributed by atoms with van der Waals surface area (Å²) in [6.45, 7) is 6.80. The van der Waals surface area contributed by atoms with E-state index in [1.54, 1.807) is 7.05 Å². The fourth-order valence-corrected chi connectivity index (χ4v) is 4.45. The van der Waals surface area contributed by atoms with Crippen molar-refractivity contribution in [3.05, 3.63) is 35.4 Å². The van der Waals surface area contributed by atoms with Gasteiger partial charge in [-0.1, -0.05) is 38.1 Å². The van der Waals surface area contributed by atoms with Gasteiger partial charge >= 0.3 is 0 Å². The smallest absolute Gasteiger partial charge is 0.215 e. The molecular weight excluding hydrogens is 324 g/mol. The first-order valence-electron chi connectivity index (χ1n) is 8.52. The van der Waals surface area contributed by atoms with Gasteiger partial charge < -0.3 is 10.2 Å². The SMILES string of the molecule is CCN(CC)S(=O)(=O)CCNC(=NC)N1CCc2ccccc2C1. The first-order valence-corrected chi connectivity index (χ1v) is 10.1. The fourth-order valence-electron chi connectivity index (χ4n) is 3.05. The summed E-state index contributed by atoms with van der Waals surface area (Å²) >= 11 is 0. The fraction of sp³-hybridized carbons (Fsp3) is 0.588. The lowest BCUT2D eigenvalue weighted by molar-refractivity contribution is 0.379. The van der Waals surface area contributed by atoms with E-state index >= 15 is 0 Å². The van der Waals surface area contributed by atoms with E-state index in [4.69, 9.17) is 0 Å². The Bertz CT molecular complexity index is 669. The quantitative estimate of drug-likeness (QED) is 0.619. The van der Waals surface area contributed by atoms with Gasteiger partial charge in [0.15, 0.2) is 5.96 Å². The maximum atomic E-state index is 12.2. The molecule has 7 heteroatoms. The number of benzene rings is 1. The highest BCUT2D eigenvalue weighted by molar-refractivity contribution is 7.89. The molecule has 2 rings (SSSR count). The molecule has 0 unspecified atom stereocenters. The Balaban J connectivity index is 1.92. The van der Waals surface area contributed by atoms with Gasteiger partial charge in [-0.05, 0) is 17.5 Å². The summed E-state index contributed by atoms with van der Waals surface area (Å²) in [6, 6.07) is 8.42. The average molecular weight is 353 g/mol. The summed E-state index contributed by atoms with van der Waals surface area (Å²) < 4.78 is 26.0. The highest BCUT2D eigenvalue weighted by Crippen LogP contribution is 2.18. The van der Waals surface area contributed by atoms with E-state index in [0.29, 0.717) is 19.6 Å². The number of aliphatic imine (C=N–C) groups is 1. The van der Waals surface area contributed by atoms with E-state index in [0.717, 1.165) is 25.5 Å². The molecule has 0 saturated carbocycles. The minimum absolute atomic E-state index is 0.0815. The summed E-state index contributed by atoms with van der Waals surface area (Å²) in [5.74, 6) is 0.845. The Hall–Kier alpha value is -1.60. The van der Waals surface area contributed by atoms with Crippen LogP contribution in [0.4, 0.5) is 0 Å². The number of hydrogen-bond donors (Lipinski definition) is 1. The van der Waals surface area contributed by atoms with Crippen LogP contribution in [0.1, 0.15) is 25.0 Å². The van der Waals surface area contributed by atoms with Gasteiger partial charge in [0.2, 0.25) is 10.0 Å². The normalized spacial score (nSPS) is 15.5. The van der Waals surface area contributed by atoms with Crippen LogP contribution in [0.3, 0.4) is 0 Å². The number of rotatable bonds is 6. The van der Waals surface area contributed by atoms with Crippen LogP contribution in [0.2, 0.25) is 0 Å². The third kappa shape index (κ3) is 4.48. The van der Waals surface area contributed by atoms with Gasteiger partial charge in [0.1, 0.15) is 0 Å². The molecule has 134 valence electrons. The van der Waals surface area contributed by atoms with Gasteiger partial charge in [-0.3, -0.25) is 4.99 Å². The van der Waals surface area contributed by atoms with Crippen molar-refractivity contribution in [3.8, 4) is 0 Å². The van der Waals surface area contributed by atoms with Crippen molar-refractivity contribution < 1.29 is 8.42 Å². The van der Waals surface area contributed by atoms with E-state index < -0.39 is 10.0 Å². The number of fused-ring (bicyclic) bond motifs is 1. The lowest BCUT2D eigenvalue weighted by atomic mass is 10.0. The van der Waals surface area contributed by atoms with Crippen molar-refractivity contribution in [1.29, 1.82) is 0 Å². The van der Waals surface area contributed by atoms with Crippen LogP contribution in [0.15, 0.2) is 29.3 Å². The summed E-state index contributed by atoms with van der Waals surface area (Å²) in [7, 11) is -1.47. The molecular formula is C17H28N4O2S. The molecule has 0 aliphatic carbocycles. The summed E-state index contributed by atoms with van der Waals surface area (Å²) in [5.41, 5.74) is 2.69. The molecule has 6 nitrogen and oxygen atoms in total. The first kappa shape index (κ1) is 18.7. The lowest BCUT2D eigenvalue weighted by Gasteiger charge is -2.31. The molecule has 0 fully saturated rings. The monoisotopic (exact) mass is 352 g/mol. The van der Waals surface area contributed by atoms with Gasteiger partial charge in [-0.15, -0.1) is 0 Å². The molecule has 0 spiro atoms. The van der Waals surface area contributed by atoms with E-state index in [9.17, 15) is 8.42 Å². The van der Waals surface area contributed by atoms with Crippen molar-refractivity contribution in [3.63, 3.8) is 0 Å². The van der Waals surface area contributed by atoms with Crippen LogP contribution in [0.25, 0.3) is 0 Å². The van der Waals surface area contributed by atoms with Crippen LogP contribution in [0, 0.1) is 0 Å². The molecule has 0 saturated heterocycles.